The van der Waals surface area contributed by atoms with E-state index < -0.39 is 0 Å². The standard InChI is InChI=1S/C13H16N2O2/c1-15(9-12-3-2-6-17-12)8-10-7-11(14)4-5-13(10)16/h2-7,16H,8-9,14H2,1H3. The molecule has 0 aliphatic carbocycles. The van der Waals surface area contributed by atoms with E-state index in [1.807, 2.05) is 24.1 Å². The van der Waals surface area contributed by atoms with E-state index in [0.29, 0.717) is 18.8 Å². The predicted octanol–water partition coefficient (Wildman–Crippen LogP) is 2.20. The van der Waals surface area contributed by atoms with Gasteiger partial charge < -0.3 is 15.3 Å². The number of benzene rings is 1. The lowest BCUT2D eigenvalue weighted by atomic mass is 10.1. The molecule has 0 spiro atoms. The van der Waals surface area contributed by atoms with Crippen molar-refractivity contribution < 1.29 is 9.52 Å². The second kappa shape index (κ2) is 4.93. The Bertz CT molecular complexity index is 480. The number of nitrogens with zero attached hydrogens (tertiary/aromatic N) is 1. The first-order chi connectivity index (χ1) is 8.15. The highest BCUT2D eigenvalue weighted by Gasteiger charge is 2.07. The van der Waals surface area contributed by atoms with Crippen LogP contribution in [-0.4, -0.2) is 17.1 Å². The lowest BCUT2D eigenvalue weighted by Crippen LogP contribution is -2.17. The van der Waals surface area contributed by atoms with Crippen LogP contribution in [0.1, 0.15) is 11.3 Å². The number of hydrogen-bond donors (Lipinski definition) is 2. The number of nitrogens with two attached hydrogens (primary N) is 1. The highest BCUT2D eigenvalue weighted by molar-refractivity contribution is 5.47. The summed E-state index contributed by atoms with van der Waals surface area (Å²) in [5.41, 5.74) is 7.17. The van der Waals surface area contributed by atoms with Gasteiger partial charge in [-0.15, -0.1) is 0 Å². The molecule has 17 heavy (non-hydrogen) atoms. The maximum atomic E-state index is 9.70. The molecule has 2 rings (SSSR count). The van der Waals surface area contributed by atoms with Gasteiger partial charge in [0.2, 0.25) is 0 Å². The summed E-state index contributed by atoms with van der Waals surface area (Å²) in [7, 11) is 1.96. The van der Waals surface area contributed by atoms with Crippen LogP contribution in [0.15, 0.2) is 41.0 Å². The summed E-state index contributed by atoms with van der Waals surface area (Å²) < 4.78 is 5.27. The first-order valence-corrected chi connectivity index (χ1v) is 5.43. The van der Waals surface area contributed by atoms with E-state index in [2.05, 4.69) is 0 Å². The largest absolute Gasteiger partial charge is 0.508 e. The third-order valence-electron chi connectivity index (χ3n) is 2.55. The quantitative estimate of drug-likeness (QED) is 0.626. The van der Waals surface area contributed by atoms with Crippen molar-refractivity contribution in [3.05, 3.63) is 47.9 Å². The number of furan rings is 1. The summed E-state index contributed by atoms with van der Waals surface area (Å²) in [5, 5.41) is 9.70. The Morgan fingerprint density at radius 1 is 1.29 bits per heavy atom. The van der Waals surface area contributed by atoms with Gasteiger partial charge in [0.15, 0.2) is 0 Å². The molecule has 4 heteroatoms. The van der Waals surface area contributed by atoms with Gasteiger partial charge in [-0.25, -0.2) is 0 Å². The van der Waals surface area contributed by atoms with E-state index in [-0.39, 0.29) is 5.75 Å². The Hall–Kier alpha value is -1.94. The van der Waals surface area contributed by atoms with E-state index >= 15 is 0 Å². The molecule has 0 unspecified atom stereocenters. The fraction of sp³-hybridized carbons (Fsp3) is 0.231. The zero-order chi connectivity index (χ0) is 12.3. The fourth-order valence-corrected chi connectivity index (χ4v) is 1.75. The Balaban J connectivity index is 2.02. The highest BCUT2D eigenvalue weighted by atomic mass is 16.3. The Labute approximate surface area is 100 Å². The van der Waals surface area contributed by atoms with Gasteiger partial charge in [0.25, 0.3) is 0 Å². The minimum Gasteiger partial charge on any atom is -0.508 e. The van der Waals surface area contributed by atoms with Gasteiger partial charge in [0.05, 0.1) is 12.8 Å². The van der Waals surface area contributed by atoms with Gasteiger partial charge in [-0.2, -0.15) is 0 Å². The second-order valence-electron chi connectivity index (χ2n) is 4.14. The van der Waals surface area contributed by atoms with Crippen molar-refractivity contribution in [2.45, 2.75) is 13.1 Å². The van der Waals surface area contributed by atoms with Crippen molar-refractivity contribution >= 4 is 5.69 Å². The minimum absolute atomic E-state index is 0.269. The number of aromatic hydroxyl groups is 1. The monoisotopic (exact) mass is 232 g/mol. The number of phenolic OH excluding ortho intramolecular Hbond substituents is 1. The molecule has 0 saturated carbocycles. The van der Waals surface area contributed by atoms with E-state index in [9.17, 15) is 5.11 Å². The lowest BCUT2D eigenvalue weighted by molar-refractivity contribution is 0.283. The number of phenols is 1. The van der Waals surface area contributed by atoms with Crippen LogP contribution < -0.4 is 5.73 Å². The number of rotatable bonds is 4. The molecular weight excluding hydrogens is 216 g/mol. The molecule has 0 fully saturated rings. The summed E-state index contributed by atoms with van der Waals surface area (Å²) in [6.45, 7) is 1.32. The van der Waals surface area contributed by atoms with Gasteiger partial charge in [-0.05, 0) is 37.4 Å². The third kappa shape index (κ3) is 3.01. The van der Waals surface area contributed by atoms with Crippen LogP contribution >= 0.6 is 0 Å². The lowest BCUT2D eigenvalue weighted by Gasteiger charge is -2.16. The summed E-state index contributed by atoms with van der Waals surface area (Å²) in [6, 6.07) is 8.88. The predicted molar refractivity (Wildman–Crippen MR) is 66.4 cm³/mol. The fourth-order valence-electron chi connectivity index (χ4n) is 1.75. The van der Waals surface area contributed by atoms with Crippen LogP contribution in [0.5, 0.6) is 5.75 Å². The van der Waals surface area contributed by atoms with Crippen LogP contribution in [0.3, 0.4) is 0 Å². The molecule has 0 saturated heterocycles. The van der Waals surface area contributed by atoms with Crippen molar-refractivity contribution in [3.8, 4) is 5.75 Å². The summed E-state index contributed by atoms with van der Waals surface area (Å²) in [5.74, 6) is 1.17. The average molecular weight is 232 g/mol. The normalized spacial score (nSPS) is 10.9. The summed E-state index contributed by atoms with van der Waals surface area (Å²) >= 11 is 0. The first-order valence-electron chi connectivity index (χ1n) is 5.43. The molecule has 0 atom stereocenters. The zero-order valence-corrected chi connectivity index (χ0v) is 9.76. The van der Waals surface area contributed by atoms with E-state index in [0.717, 1.165) is 11.3 Å². The van der Waals surface area contributed by atoms with Crippen LogP contribution in [-0.2, 0) is 13.1 Å². The molecule has 0 aliphatic heterocycles. The number of nitrogen functional groups attached to an aromatic ring is 1. The van der Waals surface area contributed by atoms with Crippen LogP contribution in [0.2, 0.25) is 0 Å². The minimum atomic E-state index is 0.269. The SMILES string of the molecule is CN(Cc1ccco1)Cc1cc(N)ccc1O. The Morgan fingerprint density at radius 3 is 2.82 bits per heavy atom. The molecule has 1 aromatic carbocycles. The molecule has 1 aromatic heterocycles. The summed E-state index contributed by atoms with van der Waals surface area (Å²) in [4.78, 5) is 2.05. The van der Waals surface area contributed by atoms with Gasteiger partial charge in [-0.3, -0.25) is 4.90 Å². The molecular formula is C13H16N2O2. The molecule has 4 nitrogen and oxygen atoms in total. The molecule has 2 aromatic rings. The van der Waals surface area contributed by atoms with Crippen molar-refractivity contribution in [1.82, 2.24) is 4.90 Å². The highest BCUT2D eigenvalue weighted by Crippen LogP contribution is 2.21. The molecule has 0 aliphatic rings. The van der Waals surface area contributed by atoms with Gasteiger partial charge in [0.1, 0.15) is 11.5 Å². The van der Waals surface area contributed by atoms with E-state index in [1.165, 1.54) is 0 Å². The third-order valence-corrected chi connectivity index (χ3v) is 2.55. The number of hydrogen-bond acceptors (Lipinski definition) is 4. The second-order valence-corrected chi connectivity index (χ2v) is 4.14. The molecule has 90 valence electrons. The molecule has 0 amide bonds. The van der Waals surface area contributed by atoms with Crippen LogP contribution in [0, 0.1) is 0 Å². The molecule has 0 radical (unpaired) electrons. The first kappa shape index (κ1) is 11.5. The van der Waals surface area contributed by atoms with E-state index in [4.69, 9.17) is 10.2 Å². The summed E-state index contributed by atoms with van der Waals surface area (Å²) in [6.07, 6.45) is 1.65. The Morgan fingerprint density at radius 2 is 2.12 bits per heavy atom. The molecule has 3 N–H and O–H groups in total. The van der Waals surface area contributed by atoms with Gasteiger partial charge >= 0.3 is 0 Å². The van der Waals surface area contributed by atoms with E-state index in [1.54, 1.807) is 24.5 Å². The molecule has 1 heterocycles. The number of anilines is 1. The maximum Gasteiger partial charge on any atom is 0.120 e. The van der Waals surface area contributed by atoms with Crippen molar-refractivity contribution in [2.75, 3.05) is 12.8 Å². The van der Waals surface area contributed by atoms with Crippen molar-refractivity contribution in [2.24, 2.45) is 0 Å². The van der Waals surface area contributed by atoms with Gasteiger partial charge in [-0.1, -0.05) is 0 Å². The smallest absolute Gasteiger partial charge is 0.120 e. The van der Waals surface area contributed by atoms with Crippen molar-refractivity contribution in [3.63, 3.8) is 0 Å². The van der Waals surface area contributed by atoms with Gasteiger partial charge in [0, 0.05) is 17.8 Å². The van der Waals surface area contributed by atoms with Crippen LogP contribution in [0.25, 0.3) is 0 Å². The van der Waals surface area contributed by atoms with Crippen molar-refractivity contribution in [1.29, 1.82) is 0 Å². The van der Waals surface area contributed by atoms with Crippen LogP contribution in [0.4, 0.5) is 5.69 Å². The average Bonchev–Trinajstić information content (AvgIpc) is 2.76. The zero-order valence-electron chi connectivity index (χ0n) is 9.76. The maximum absolute atomic E-state index is 9.70. The molecule has 0 bridgehead atoms. The Kier molecular flexibility index (Phi) is 3.35. The topological polar surface area (TPSA) is 62.6 Å².